The van der Waals surface area contributed by atoms with Gasteiger partial charge in [-0.25, -0.2) is 0 Å². The highest BCUT2D eigenvalue weighted by Gasteiger charge is 2.44. The van der Waals surface area contributed by atoms with E-state index in [9.17, 15) is 22.8 Å². The van der Waals surface area contributed by atoms with Crippen molar-refractivity contribution in [3.63, 3.8) is 0 Å². The number of hydrogen-bond acceptors (Lipinski definition) is 2. The van der Waals surface area contributed by atoms with Gasteiger partial charge in [0.2, 0.25) is 5.91 Å². The Morgan fingerprint density at radius 1 is 1.03 bits per heavy atom. The second-order valence-corrected chi connectivity index (χ2v) is 9.77. The highest BCUT2D eigenvalue weighted by Crippen LogP contribution is 2.49. The molecule has 4 rings (SSSR count). The largest absolute Gasteiger partial charge is 0.416 e. The highest BCUT2D eigenvalue weighted by atomic mass is 35.5. The van der Waals surface area contributed by atoms with Crippen molar-refractivity contribution in [2.75, 3.05) is 4.90 Å². The van der Waals surface area contributed by atoms with Crippen LogP contribution in [0.25, 0.3) is 0 Å². The van der Waals surface area contributed by atoms with Crippen LogP contribution in [0, 0.1) is 12.3 Å². The molecule has 0 saturated carbocycles. The molecule has 0 N–H and O–H groups in total. The molecule has 1 amide bonds. The minimum Gasteiger partial charge on any atom is -0.294 e. The van der Waals surface area contributed by atoms with Crippen molar-refractivity contribution in [1.82, 2.24) is 0 Å². The molecule has 2 aromatic rings. The summed E-state index contributed by atoms with van der Waals surface area (Å²) < 4.78 is 39.0. The number of carbonyl (C=O) groups excluding carboxylic acids is 2. The zero-order chi connectivity index (χ0) is 23.4. The van der Waals surface area contributed by atoms with Gasteiger partial charge in [0.05, 0.1) is 11.3 Å². The fourth-order valence-electron chi connectivity index (χ4n) is 4.71. The van der Waals surface area contributed by atoms with E-state index in [0.29, 0.717) is 40.4 Å². The molecule has 32 heavy (non-hydrogen) atoms. The normalized spacial score (nSPS) is 21.1. The van der Waals surface area contributed by atoms with Crippen molar-refractivity contribution in [2.24, 2.45) is 5.41 Å². The predicted octanol–water partition coefficient (Wildman–Crippen LogP) is 6.83. The maximum Gasteiger partial charge on any atom is 0.416 e. The number of allylic oxidation sites excluding steroid dienone is 2. The minimum absolute atomic E-state index is 0.00230. The lowest BCUT2D eigenvalue weighted by Crippen LogP contribution is -2.44. The molecule has 0 fully saturated rings. The molecular weight excluding hydrogens is 439 g/mol. The summed E-state index contributed by atoms with van der Waals surface area (Å²) >= 11 is 6.21. The van der Waals surface area contributed by atoms with E-state index in [0.717, 1.165) is 17.7 Å². The van der Waals surface area contributed by atoms with Gasteiger partial charge in [0.15, 0.2) is 5.78 Å². The lowest BCUT2D eigenvalue weighted by atomic mass is 9.69. The van der Waals surface area contributed by atoms with Crippen molar-refractivity contribution in [1.29, 1.82) is 0 Å². The van der Waals surface area contributed by atoms with Gasteiger partial charge >= 0.3 is 6.18 Å². The SMILES string of the molecule is Cc1ccc(Cl)cc1N1C(=O)CC(c2ccc(C(F)(F)F)cc2)C2=C1CC(C)(C)CC2=O. The van der Waals surface area contributed by atoms with Crippen LogP contribution in [0.4, 0.5) is 18.9 Å². The molecule has 0 saturated heterocycles. The fourth-order valence-corrected chi connectivity index (χ4v) is 4.87. The summed E-state index contributed by atoms with van der Waals surface area (Å²) in [7, 11) is 0. The van der Waals surface area contributed by atoms with E-state index in [-0.39, 0.29) is 23.5 Å². The molecule has 0 radical (unpaired) electrons. The van der Waals surface area contributed by atoms with Gasteiger partial charge in [0.25, 0.3) is 0 Å². The number of benzene rings is 2. The quantitative estimate of drug-likeness (QED) is 0.491. The molecule has 3 nitrogen and oxygen atoms in total. The Morgan fingerprint density at radius 2 is 1.69 bits per heavy atom. The number of halogens is 4. The van der Waals surface area contributed by atoms with Crippen LogP contribution in [0.2, 0.25) is 5.02 Å². The Bertz CT molecular complexity index is 1130. The number of nitrogens with zero attached hydrogens (tertiary/aromatic N) is 1. The molecule has 0 aromatic heterocycles. The van der Waals surface area contributed by atoms with Gasteiger partial charge in [-0.1, -0.05) is 43.6 Å². The Kier molecular flexibility index (Phi) is 5.48. The zero-order valence-corrected chi connectivity index (χ0v) is 18.8. The molecular formula is C25H23ClF3NO2. The maximum atomic E-state index is 13.4. The van der Waals surface area contributed by atoms with Crippen LogP contribution in [0.5, 0.6) is 0 Å². The first-order valence-corrected chi connectivity index (χ1v) is 10.8. The van der Waals surface area contributed by atoms with Crippen LogP contribution in [-0.2, 0) is 15.8 Å². The molecule has 0 bridgehead atoms. The smallest absolute Gasteiger partial charge is 0.294 e. The second-order valence-electron chi connectivity index (χ2n) is 9.34. The molecule has 1 heterocycles. The van der Waals surface area contributed by atoms with E-state index in [1.54, 1.807) is 17.0 Å². The van der Waals surface area contributed by atoms with Crippen LogP contribution in [0.1, 0.15) is 55.7 Å². The van der Waals surface area contributed by atoms with Gasteiger partial charge in [-0.05, 0) is 54.2 Å². The number of hydrogen-bond donors (Lipinski definition) is 0. The monoisotopic (exact) mass is 461 g/mol. The first-order valence-electron chi connectivity index (χ1n) is 10.4. The number of anilines is 1. The summed E-state index contributed by atoms with van der Waals surface area (Å²) in [5, 5.41) is 0.479. The van der Waals surface area contributed by atoms with Crippen molar-refractivity contribution in [3.8, 4) is 0 Å². The third kappa shape index (κ3) is 4.08. The lowest BCUT2D eigenvalue weighted by molar-refractivity contribution is -0.137. The summed E-state index contributed by atoms with van der Waals surface area (Å²) in [6.45, 7) is 5.82. The first-order chi connectivity index (χ1) is 14.9. The van der Waals surface area contributed by atoms with Crippen LogP contribution in [-0.4, -0.2) is 11.7 Å². The Labute approximate surface area is 189 Å². The van der Waals surface area contributed by atoms with Gasteiger partial charge in [0, 0.05) is 35.1 Å². The van der Waals surface area contributed by atoms with E-state index < -0.39 is 17.7 Å². The number of ketones is 1. The zero-order valence-electron chi connectivity index (χ0n) is 18.0. The van der Waals surface area contributed by atoms with Crippen molar-refractivity contribution in [2.45, 2.75) is 52.1 Å². The third-order valence-electron chi connectivity index (χ3n) is 6.20. The van der Waals surface area contributed by atoms with Gasteiger partial charge in [-0.15, -0.1) is 0 Å². The average molecular weight is 462 g/mol. The first kappa shape index (κ1) is 22.6. The van der Waals surface area contributed by atoms with Gasteiger partial charge in [-0.2, -0.15) is 13.2 Å². The molecule has 2 aliphatic rings. The molecule has 7 heteroatoms. The third-order valence-corrected chi connectivity index (χ3v) is 6.43. The molecule has 2 aromatic carbocycles. The van der Waals surface area contributed by atoms with Crippen molar-refractivity contribution in [3.05, 3.63) is 75.4 Å². The fraction of sp³-hybridized carbons (Fsp3) is 0.360. The standard InChI is InChI=1S/C25H23ClF3NO2/c1-14-4-9-17(26)10-19(14)30-20-12-24(2,3)13-21(31)23(20)18(11-22(30)32)15-5-7-16(8-6-15)25(27,28)29/h4-10,18H,11-13H2,1-3H3. The highest BCUT2D eigenvalue weighted by molar-refractivity contribution is 6.31. The number of rotatable bonds is 2. The average Bonchev–Trinajstić information content (AvgIpc) is 2.68. The Hall–Kier alpha value is -2.60. The number of Topliss-reactive ketones (excluding diaryl/α,β-unsaturated/α-hetero) is 1. The van der Waals surface area contributed by atoms with Crippen LogP contribution < -0.4 is 4.90 Å². The van der Waals surface area contributed by atoms with E-state index in [2.05, 4.69) is 0 Å². The second kappa shape index (κ2) is 7.77. The molecule has 1 aliphatic carbocycles. The summed E-state index contributed by atoms with van der Waals surface area (Å²) in [5.74, 6) is -0.845. The van der Waals surface area contributed by atoms with Crippen LogP contribution in [0.3, 0.4) is 0 Å². The number of carbonyl (C=O) groups is 2. The Morgan fingerprint density at radius 3 is 2.31 bits per heavy atom. The predicted molar refractivity (Wildman–Crippen MR) is 118 cm³/mol. The van der Waals surface area contributed by atoms with Gasteiger partial charge < -0.3 is 0 Å². The molecule has 1 aliphatic heterocycles. The lowest BCUT2D eigenvalue weighted by Gasteiger charge is -2.43. The van der Waals surface area contributed by atoms with Gasteiger partial charge in [0.1, 0.15) is 0 Å². The Balaban J connectivity index is 1.87. The summed E-state index contributed by atoms with van der Waals surface area (Å²) in [4.78, 5) is 28.3. The van der Waals surface area contributed by atoms with Gasteiger partial charge in [-0.3, -0.25) is 14.5 Å². The number of amides is 1. The van der Waals surface area contributed by atoms with E-state index in [1.165, 1.54) is 12.1 Å². The maximum absolute atomic E-state index is 13.4. The van der Waals surface area contributed by atoms with Crippen LogP contribution >= 0.6 is 11.6 Å². The summed E-state index contributed by atoms with van der Waals surface area (Å²) in [6.07, 6.45) is -3.62. The number of alkyl halides is 3. The summed E-state index contributed by atoms with van der Waals surface area (Å²) in [5.41, 5.74) is 2.05. The molecule has 1 atom stereocenters. The number of aryl methyl sites for hydroxylation is 1. The van der Waals surface area contributed by atoms with E-state index in [1.807, 2.05) is 26.8 Å². The summed E-state index contributed by atoms with van der Waals surface area (Å²) in [6, 6.07) is 10.0. The van der Waals surface area contributed by atoms with Crippen LogP contribution in [0.15, 0.2) is 53.7 Å². The minimum atomic E-state index is -4.45. The van der Waals surface area contributed by atoms with E-state index in [4.69, 9.17) is 11.6 Å². The molecule has 1 unspecified atom stereocenters. The molecule has 0 spiro atoms. The van der Waals surface area contributed by atoms with E-state index >= 15 is 0 Å². The van der Waals surface area contributed by atoms with Crippen molar-refractivity contribution >= 4 is 29.0 Å². The van der Waals surface area contributed by atoms with Crippen molar-refractivity contribution < 1.29 is 22.8 Å². The topological polar surface area (TPSA) is 37.4 Å². The molecule has 168 valence electrons.